The highest BCUT2D eigenvalue weighted by atomic mass is 19.1. The Morgan fingerprint density at radius 2 is 1.82 bits per heavy atom. The Kier molecular flexibility index (Phi) is 3.59. The van der Waals surface area contributed by atoms with Crippen LogP contribution in [0.2, 0.25) is 0 Å². The molecule has 0 radical (unpaired) electrons. The molecule has 0 aliphatic carbocycles. The van der Waals surface area contributed by atoms with E-state index in [4.69, 9.17) is 4.42 Å². The first-order chi connectivity index (χ1) is 8.18. The van der Waals surface area contributed by atoms with Gasteiger partial charge in [-0.1, -0.05) is 18.2 Å². The van der Waals surface area contributed by atoms with Gasteiger partial charge in [0.25, 0.3) is 0 Å². The van der Waals surface area contributed by atoms with Crippen molar-refractivity contribution in [2.75, 3.05) is 0 Å². The summed E-state index contributed by atoms with van der Waals surface area (Å²) in [4.78, 5) is 0. The Bertz CT molecular complexity index is 467. The number of hydrogen-bond acceptors (Lipinski definition) is 2. The van der Waals surface area contributed by atoms with Gasteiger partial charge in [-0.15, -0.1) is 0 Å². The van der Waals surface area contributed by atoms with E-state index in [9.17, 15) is 4.39 Å². The molecule has 0 amide bonds. The molecule has 2 rings (SSSR count). The average Bonchev–Trinajstić information content (AvgIpc) is 2.82. The molecular formula is C14H16FNO. The zero-order chi connectivity index (χ0) is 12.3. The predicted octanol–water partition coefficient (Wildman–Crippen LogP) is 3.83. The Morgan fingerprint density at radius 3 is 2.47 bits per heavy atom. The molecule has 2 aromatic rings. The highest BCUT2D eigenvalue weighted by Crippen LogP contribution is 2.21. The van der Waals surface area contributed by atoms with Gasteiger partial charge >= 0.3 is 0 Å². The summed E-state index contributed by atoms with van der Waals surface area (Å²) in [6.07, 6.45) is 1.64. The third-order valence-corrected chi connectivity index (χ3v) is 2.84. The van der Waals surface area contributed by atoms with Crippen LogP contribution in [0.3, 0.4) is 0 Å². The van der Waals surface area contributed by atoms with Gasteiger partial charge in [0.05, 0.1) is 12.3 Å². The van der Waals surface area contributed by atoms with Gasteiger partial charge in [0, 0.05) is 11.6 Å². The lowest BCUT2D eigenvalue weighted by Gasteiger charge is -2.19. The highest BCUT2D eigenvalue weighted by molar-refractivity contribution is 5.21. The van der Waals surface area contributed by atoms with E-state index >= 15 is 0 Å². The second kappa shape index (κ2) is 5.15. The molecule has 0 aliphatic rings. The number of halogens is 1. The third-order valence-electron chi connectivity index (χ3n) is 2.84. The van der Waals surface area contributed by atoms with Crippen LogP contribution in [0, 0.1) is 5.82 Å². The van der Waals surface area contributed by atoms with Gasteiger partial charge in [-0.05, 0) is 32.0 Å². The third kappa shape index (κ3) is 2.74. The summed E-state index contributed by atoms with van der Waals surface area (Å²) in [7, 11) is 0. The number of hydrogen-bond donors (Lipinski definition) is 1. The number of nitrogens with one attached hydrogen (secondary N) is 1. The largest absolute Gasteiger partial charge is 0.468 e. The van der Waals surface area contributed by atoms with Gasteiger partial charge in [0.2, 0.25) is 0 Å². The average molecular weight is 233 g/mol. The molecule has 1 aromatic heterocycles. The lowest BCUT2D eigenvalue weighted by molar-refractivity contribution is 0.397. The summed E-state index contributed by atoms with van der Waals surface area (Å²) >= 11 is 0. The second-order valence-electron chi connectivity index (χ2n) is 4.15. The molecule has 0 spiro atoms. The van der Waals surface area contributed by atoms with Gasteiger partial charge in [-0.25, -0.2) is 4.39 Å². The van der Waals surface area contributed by atoms with E-state index in [1.54, 1.807) is 18.4 Å². The number of rotatable bonds is 4. The smallest absolute Gasteiger partial charge is 0.127 e. The van der Waals surface area contributed by atoms with E-state index in [-0.39, 0.29) is 17.9 Å². The minimum Gasteiger partial charge on any atom is -0.468 e. The maximum absolute atomic E-state index is 13.6. The first-order valence-electron chi connectivity index (χ1n) is 5.72. The molecule has 2 atom stereocenters. The zero-order valence-electron chi connectivity index (χ0n) is 9.98. The van der Waals surface area contributed by atoms with Crippen LogP contribution in [0.5, 0.6) is 0 Å². The molecule has 17 heavy (non-hydrogen) atoms. The molecular weight excluding hydrogens is 217 g/mol. The van der Waals surface area contributed by atoms with Gasteiger partial charge in [-0.2, -0.15) is 0 Å². The minimum atomic E-state index is -0.181. The molecule has 90 valence electrons. The van der Waals surface area contributed by atoms with Crippen molar-refractivity contribution in [3.05, 3.63) is 59.8 Å². The normalized spacial score (nSPS) is 14.5. The van der Waals surface area contributed by atoms with Gasteiger partial charge in [0.15, 0.2) is 0 Å². The maximum atomic E-state index is 13.6. The monoisotopic (exact) mass is 233 g/mol. The summed E-state index contributed by atoms with van der Waals surface area (Å²) < 4.78 is 18.9. The quantitative estimate of drug-likeness (QED) is 0.868. The number of furan rings is 1. The fourth-order valence-corrected chi connectivity index (χ4v) is 1.91. The van der Waals surface area contributed by atoms with Crippen LogP contribution in [-0.2, 0) is 0 Å². The lowest BCUT2D eigenvalue weighted by Crippen LogP contribution is -2.22. The molecule has 2 unspecified atom stereocenters. The van der Waals surface area contributed by atoms with Crippen LogP contribution in [0.1, 0.15) is 37.3 Å². The van der Waals surface area contributed by atoms with Crippen molar-refractivity contribution in [2.24, 2.45) is 0 Å². The van der Waals surface area contributed by atoms with Crippen molar-refractivity contribution in [1.29, 1.82) is 0 Å². The Labute approximate surface area is 100 Å². The Hall–Kier alpha value is -1.61. The molecule has 2 nitrogen and oxygen atoms in total. The summed E-state index contributed by atoms with van der Waals surface area (Å²) in [6.45, 7) is 3.94. The molecule has 1 N–H and O–H groups in total. The summed E-state index contributed by atoms with van der Waals surface area (Å²) in [6, 6.07) is 10.6. The second-order valence-corrected chi connectivity index (χ2v) is 4.15. The minimum absolute atomic E-state index is 0.0552. The molecule has 0 aliphatic heterocycles. The lowest BCUT2D eigenvalue weighted by atomic mass is 10.1. The molecule has 0 saturated heterocycles. The van der Waals surface area contributed by atoms with Crippen molar-refractivity contribution >= 4 is 0 Å². The zero-order valence-corrected chi connectivity index (χ0v) is 9.98. The standard InChI is InChI=1S/C14H16FNO/c1-10(12-6-3-4-7-13(12)15)16-11(2)14-8-5-9-17-14/h3-11,16H,1-2H3. The molecule has 3 heteroatoms. The summed E-state index contributed by atoms with van der Waals surface area (Å²) in [5, 5.41) is 3.31. The molecule has 0 bridgehead atoms. The van der Waals surface area contributed by atoms with E-state index < -0.39 is 0 Å². The van der Waals surface area contributed by atoms with E-state index in [2.05, 4.69) is 5.32 Å². The number of benzene rings is 1. The van der Waals surface area contributed by atoms with E-state index in [0.29, 0.717) is 5.56 Å². The predicted molar refractivity (Wildman–Crippen MR) is 65.1 cm³/mol. The highest BCUT2D eigenvalue weighted by Gasteiger charge is 2.15. The van der Waals surface area contributed by atoms with Crippen molar-refractivity contribution in [3.63, 3.8) is 0 Å². The molecule has 1 aromatic carbocycles. The maximum Gasteiger partial charge on any atom is 0.127 e. The fraction of sp³-hybridized carbons (Fsp3) is 0.286. The van der Waals surface area contributed by atoms with Crippen LogP contribution < -0.4 is 5.32 Å². The van der Waals surface area contributed by atoms with E-state index in [1.807, 2.05) is 32.0 Å². The summed E-state index contributed by atoms with van der Waals surface area (Å²) in [5.74, 6) is 0.673. The molecule has 0 fully saturated rings. The van der Waals surface area contributed by atoms with Crippen LogP contribution in [-0.4, -0.2) is 0 Å². The van der Waals surface area contributed by atoms with Gasteiger partial charge in [-0.3, -0.25) is 0 Å². The van der Waals surface area contributed by atoms with Gasteiger partial charge < -0.3 is 9.73 Å². The molecule has 0 saturated carbocycles. The van der Waals surface area contributed by atoms with Crippen LogP contribution >= 0.6 is 0 Å². The van der Waals surface area contributed by atoms with Crippen LogP contribution in [0.15, 0.2) is 47.1 Å². The van der Waals surface area contributed by atoms with Crippen molar-refractivity contribution in [2.45, 2.75) is 25.9 Å². The van der Waals surface area contributed by atoms with E-state index in [1.165, 1.54) is 6.07 Å². The summed E-state index contributed by atoms with van der Waals surface area (Å²) in [5.41, 5.74) is 0.672. The SMILES string of the molecule is CC(NC(C)c1ccccc1F)c1ccco1. The Balaban J connectivity index is 2.07. The topological polar surface area (TPSA) is 25.2 Å². The van der Waals surface area contributed by atoms with Crippen LogP contribution in [0.4, 0.5) is 4.39 Å². The molecule has 1 heterocycles. The fourth-order valence-electron chi connectivity index (χ4n) is 1.91. The van der Waals surface area contributed by atoms with Crippen molar-refractivity contribution in [1.82, 2.24) is 5.32 Å². The first kappa shape index (κ1) is 11.9. The van der Waals surface area contributed by atoms with Gasteiger partial charge in [0.1, 0.15) is 11.6 Å². The first-order valence-corrected chi connectivity index (χ1v) is 5.72. The van der Waals surface area contributed by atoms with Crippen molar-refractivity contribution < 1.29 is 8.81 Å². The van der Waals surface area contributed by atoms with E-state index in [0.717, 1.165) is 5.76 Å². The van der Waals surface area contributed by atoms with Crippen LogP contribution in [0.25, 0.3) is 0 Å². The Morgan fingerprint density at radius 1 is 1.06 bits per heavy atom. The van der Waals surface area contributed by atoms with Crippen molar-refractivity contribution in [3.8, 4) is 0 Å².